The van der Waals surface area contributed by atoms with E-state index in [1.165, 1.54) is 17.0 Å². The van der Waals surface area contributed by atoms with E-state index < -0.39 is 6.10 Å². The van der Waals surface area contributed by atoms with Gasteiger partial charge in [-0.1, -0.05) is 42.5 Å². The first-order valence-corrected chi connectivity index (χ1v) is 8.99. The number of carbonyl (C=O) groups is 1. The van der Waals surface area contributed by atoms with Crippen molar-refractivity contribution in [2.45, 2.75) is 12.6 Å². The molecule has 1 unspecified atom stereocenters. The molecule has 1 amide bonds. The fourth-order valence-electron chi connectivity index (χ4n) is 2.92. The highest BCUT2D eigenvalue weighted by molar-refractivity contribution is 5.81. The summed E-state index contributed by atoms with van der Waals surface area (Å²) in [6.45, 7) is 0.750. The van der Waals surface area contributed by atoms with Crippen molar-refractivity contribution in [1.29, 1.82) is 0 Å². The Kier molecular flexibility index (Phi) is 5.05. The van der Waals surface area contributed by atoms with Crippen LogP contribution in [0.5, 0.6) is 11.5 Å². The van der Waals surface area contributed by atoms with E-state index in [0.717, 1.165) is 5.56 Å². The van der Waals surface area contributed by atoms with E-state index in [1.54, 1.807) is 12.1 Å². The van der Waals surface area contributed by atoms with Gasteiger partial charge >= 0.3 is 0 Å². The number of amides is 1. The maximum Gasteiger partial charge on any atom is 0.264 e. The molecule has 1 aromatic heterocycles. The van der Waals surface area contributed by atoms with Crippen molar-refractivity contribution >= 4 is 5.91 Å². The lowest BCUT2D eigenvalue weighted by atomic mass is 10.1. The van der Waals surface area contributed by atoms with Crippen molar-refractivity contribution in [2.24, 2.45) is 0 Å². The molecule has 4 rings (SSSR count). The molecule has 2 aromatic carbocycles. The third-order valence-corrected chi connectivity index (χ3v) is 4.40. The second-order valence-corrected chi connectivity index (χ2v) is 6.33. The van der Waals surface area contributed by atoms with Gasteiger partial charge < -0.3 is 14.8 Å². The SMILES string of the molecule is O=C(NCCn1cnc(-c2ccccc2)cc1=O)C1COc2ccccc2O1. The van der Waals surface area contributed by atoms with Crippen molar-refractivity contribution in [3.63, 3.8) is 0 Å². The Morgan fingerprint density at radius 3 is 2.64 bits per heavy atom. The smallest absolute Gasteiger partial charge is 0.264 e. The van der Waals surface area contributed by atoms with Gasteiger partial charge in [0.05, 0.1) is 12.0 Å². The second-order valence-electron chi connectivity index (χ2n) is 6.33. The largest absolute Gasteiger partial charge is 0.485 e. The van der Waals surface area contributed by atoms with Crippen molar-refractivity contribution in [1.82, 2.24) is 14.9 Å². The van der Waals surface area contributed by atoms with Crippen LogP contribution in [0.2, 0.25) is 0 Å². The molecule has 28 heavy (non-hydrogen) atoms. The molecule has 7 heteroatoms. The number of fused-ring (bicyclic) bond motifs is 1. The average Bonchev–Trinajstić information content (AvgIpc) is 2.75. The maximum atomic E-state index is 12.3. The first-order valence-electron chi connectivity index (χ1n) is 8.99. The van der Waals surface area contributed by atoms with Crippen LogP contribution in [0.15, 0.2) is 71.8 Å². The van der Waals surface area contributed by atoms with Crippen molar-refractivity contribution in [3.05, 3.63) is 77.3 Å². The summed E-state index contributed by atoms with van der Waals surface area (Å²) in [7, 11) is 0. The molecule has 0 aliphatic carbocycles. The van der Waals surface area contributed by atoms with Crippen LogP contribution in [0.25, 0.3) is 11.3 Å². The molecule has 0 saturated heterocycles. The van der Waals surface area contributed by atoms with Crippen molar-refractivity contribution < 1.29 is 14.3 Å². The number of aromatic nitrogens is 2. The highest BCUT2D eigenvalue weighted by Crippen LogP contribution is 2.30. The van der Waals surface area contributed by atoms with Gasteiger partial charge in [0.25, 0.3) is 11.5 Å². The van der Waals surface area contributed by atoms with Gasteiger partial charge in [-0.2, -0.15) is 0 Å². The van der Waals surface area contributed by atoms with Crippen molar-refractivity contribution in [2.75, 3.05) is 13.2 Å². The topological polar surface area (TPSA) is 82.5 Å². The summed E-state index contributed by atoms with van der Waals surface area (Å²) < 4.78 is 12.7. The highest BCUT2D eigenvalue weighted by atomic mass is 16.6. The third kappa shape index (κ3) is 3.88. The molecule has 0 fully saturated rings. The molecule has 7 nitrogen and oxygen atoms in total. The summed E-state index contributed by atoms with van der Waals surface area (Å²) in [4.78, 5) is 28.9. The predicted molar refractivity (Wildman–Crippen MR) is 103 cm³/mol. The lowest BCUT2D eigenvalue weighted by Crippen LogP contribution is -2.45. The highest BCUT2D eigenvalue weighted by Gasteiger charge is 2.26. The van der Waals surface area contributed by atoms with Gasteiger partial charge in [0.1, 0.15) is 6.61 Å². The van der Waals surface area contributed by atoms with Crippen molar-refractivity contribution in [3.8, 4) is 22.8 Å². The lowest BCUT2D eigenvalue weighted by Gasteiger charge is -2.25. The van der Waals surface area contributed by atoms with Crippen LogP contribution in [0.1, 0.15) is 0 Å². The normalized spacial score (nSPS) is 15.1. The molecule has 1 N–H and O–H groups in total. The van der Waals surface area contributed by atoms with E-state index in [2.05, 4.69) is 10.3 Å². The number of rotatable bonds is 5. The Morgan fingerprint density at radius 1 is 1.11 bits per heavy atom. The lowest BCUT2D eigenvalue weighted by molar-refractivity contribution is -0.130. The molecule has 1 aliphatic heterocycles. The van der Waals surface area contributed by atoms with E-state index in [0.29, 0.717) is 23.7 Å². The number of nitrogens with zero attached hydrogens (tertiary/aromatic N) is 2. The minimum absolute atomic E-state index is 0.149. The summed E-state index contributed by atoms with van der Waals surface area (Å²) in [5.74, 6) is 0.893. The molecule has 2 heterocycles. The van der Waals surface area contributed by atoms with Crippen LogP contribution in [0.3, 0.4) is 0 Å². The van der Waals surface area contributed by atoms with Gasteiger partial charge in [0.2, 0.25) is 6.10 Å². The zero-order valence-corrected chi connectivity index (χ0v) is 15.1. The number of para-hydroxylation sites is 2. The number of carbonyl (C=O) groups excluding carboxylic acids is 1. The van der Waals surface area contributed by atoms with E-state index in [9.17, 15) is 9.59 Å². The second kappa shape index (κ2) is 7.96. The quantitative estimate of drug-likeness (QED) is 0.734. The van der Waals surface area contributed by atoms with E-state index >= 15 is 0 Å². The Bertz CT molecular complexity index is 1030. The monoisotopic (exact) mass is 377 g/mol. The molecule has 3 aromatic rings. The summed E-state index contributed by atoms with van der Waals surface area (Å²) in [5, 5.41) is 2.77. The Hall–Kier alpha value is -3.61. The summed E-state index contributed by atoms with van der Waals surface area (Å²) in [6.07, 6.45) is 0.776. The van der Waals surface area contributed by atoms with Gasteiger partial charge in [0, 0.05) is 24.7 Å². The van der Waals surface area contributed by atoms with Gasteiger partial charge in [-0.15, -0.1) is 0 Å². The first kappa shape index (κ1) is 17.8. The van der Waals surface area contributed by atoms with Gasteiger partial charge in [-0.25, -0.2) is 4.98 Å². The van der Waals surface area contributed by atoms with Gasteiger partial charge in [-0.05, 0) is 12.1 Å². The van der Waals surface area contributed by atoms with Gasteiger partial charge in [0.15, 0.2) is 11.5 Å². The van der Waals surface area contributed by atoms with E-state index in [1.807, 2.05) is 42.5 Å². The summed E-state index contributed by atoms with van der Waals surface area (Å²) in [6, 6.07) is 18.2. The molecule has 0 saturated carbocycles. The third-order valence-electron chi connectivity index (χ3n) is 4.40. The minimum atomic E-state index is -0.717. The fourth-order valence-corrected chi connectivity index (χ4v) is 2.92. The van der Waals surface area contributed by atoms with Crippen LogP contribution in [0, 0.1) is 0 Å². The fraction of sp³-hybridized carbons (Fsp3) is 0.190. The zero-order chi connectivity index (χ0) is 19.3. The molecule has 1 aliphatic rings. The molecule has 0 radical (unpaired) electrons. The van der Waals surface area contributed by atoms with Crippen LogP contribution < -0.4 is 20.3 Å². The standard InChI is InChI=1S/C21H19N3O4/c25-20-12-16(15-6-2-1-3-7-15)23-14-24(20)11-10-22-21(26)19-13-27-17-8-4-5-9-18(17)28-19/h1-9,12,14,19H,10-11,13H2,(H,22,26). The molecule has 1 atom stereocenters. The Labute approximate surface area is 161 Å². The van der Waals surface area contributed by atoms with E-state index in [4.69, 9.17) is 9.47 Å². The molecule has 0 bridgehead atoms. The van der Waals surface area contributed by atoms with Crippen LogP contribution in [-0.4, -0.2) is 34.7 Å². The molecular formula is C21H19N3O4. The molecule has 142 valence electrons. The number of nitrogens with one attached hydrogen (secondary N) is 1. The first-order chi connectivity index (χ1) is 13.7. The predicted octanol–water partition coefficient (Wildman–Crippen LogP) is 1.87. The maximum absolute atomic E-state index is 12.3. The molecule has 0 spiro atoms. The number of ether oxygens (including phenoxy) is 2. The van der Waals surface area contributed by atoms with Crippen LogP contribution >= 0.6 is 0 Å². The number of hydrogen-bond acceptors (Lipinski definition) is 5. The minimum Gasteiger partial charge on any atom is -0.485 e. The van der Waals surface area contributed by atoms with Crippen LogP contribution in [-0.2, 0) is 11.3 Å². The molecular weight excluding hydrogens is 358 g/mol. The van der Waals surface area contributed by atoms with E-state index in [-0.39, 0.29) is 24.6 Å². The zero-order valence-electron chi connectivity index (χ0n) is 15.1. The van der Waals surface area contributed by atoms with Gasteiger partial charge in [-0.3, -0.25) is 14.2 Å². The number of benzene rings is 2. The summed E-state index contributed by atoms with van der Waals surface area (Å²) >= 11 is 0. The number of hydrogen-bond donors (Lipinski definition) is 1. The summed E-state index contributed by atoms with van der Waals surface area (Å²) in [5.41, 5.74) is 1.33. The average molecular weight is 377 g/mol. The van der Waals surface area contributed by atoms with Crippen LogP contribution in [0.4, 0.5) is 0 Å². The Balaban J connectivity index is 1.33. The Morgan fingerprint density at radius 2 is 1.86 bits per heavy atom.